The highest BCUT2D eigenvalue weighted by Crippen LogP contribution is 2.27. The Morgan fingerprint density at radius 2 is 1.41 bits per heavy atom. The van der Waals surface area contributed by atoms with Crippen molar-refractivity contribution in [1.82, 2.24) is 0 Å². The second-order valence-corrected chi connectivity index (χ2v) is 4.48. The molecule has 0 amide bonds. The van der Waals surface area contributed by atoms with E-state index >= 15 is 0 Å². The second-order valence-electron chi connectivity index (χ2n) is 4.48. The number of allylic oxidation sites excluding steroid dienone is 1. The van der Waals surface area contributed by atoms with Crippen molar-refractivity contribution in [3.63, 3.8) is 0 Å². The van der Waals surface area contributed by atoms with Crippen molar-refractivity contribution >= 4 is 6.08 Å². The summed E-state index contributed by atoms with van der Waals surface area (Å²) in [5.74, 6) is -0.179. The Balaban J connectivity index is 1.87. The van der Waals surface area contributed by atoms with Gasteiger partial charge in [0.1, 0.15) is 5.82 Å². The molecule has 0 unspecified atom stereocenters. The van der Waals surface area contributed by atoms with Crippen LogP contribution in [0.25, 0.3) is 6.08 Å². The molecule has 1 heteroatoms. The Labute approximate surface area is 100 Å². The largest absolute Gasteiger partial charge is 0.207 e. The van der Waals surface area contributed by atoms with Gasteiger partial charge in [0.05, 0.1) is 0 Å². The molecule has 0 atom stereocenters. The summed E-state index contributed by atoms with van der Waals surface area (Å²) in [5, 5.41) is 0. The molecule has 0 radical (unpaired) electrons. The van der Waals surface area contributed by atoms with Gasteiger partial charge in [-0.1, -0.05) is 48.0 Å². The third-order valence-corrected chi connectivity index (χ3v) is 3.19. The summed E-state index contributed by atoms with van der Waals surface area (Å²) in [5.41, 5.74) is 5.31. The summed E-state index contributed by atoms with van der Waals surface area (Å²) in [6.07, 6.45) is 4.21. The Morgan fingerprint density at radius 3 is 2.00 bits per heavy atom. The van der Waals surface area contributed by atoms with Crippen LogP contribution in [0.2, 0.25) is 0 Å². The van der Waals surface area contributed by atoms with Crippen LogP contribution in [-0.4, -0.2) is 0 Å². The molecule has 0 aliphatic heterocycles. The zero-order chi connectivity index (χ0) is 11.7. The first kappa shape index (κ1) is 10.3. The van der Waals surface area contributed by atoms with E-state index in [4.69, 9.17) is 0 Å². The van der Waals surface area contributed by atoms with E-state index in [1.165, 1.54) is 28.8 Å². The number of hydrogen-bond acceptors (Lipinski definition) is 0. The summed E-state index contributed by atoms with van der Waals surface area (Å²) < 4.78 is 12.8. The molecule has 17 heavy (non-hydrogen) atoms. The molecular weight excluding hydrogens is 211 g/mol. The van der Waals surface area contributed by atoms with Gasteiger partial charge in [0.25, 0.3) is 0 Å². The number of benzene rings is 2. The minimum Gasteiger partial charge on any atom is -0.207 e. The van der Waals surface area contributed by atoms with Crippen LogP contribution in [0.5, 0.6) is 0 Å². The van der Waals surface area contributed by atoms with E-state index in [-0.39, 0.29) is 5.82 Å². The van der Waals surface area contributed by atoms with Crippen LogP contribution >= 0.6 is 0 Å². The van der Waals surface area contributed by atoms with Crippen molar-refractivity contribution in [2.75, 3.05) is 0 Å². The highest BCUT2D eigenvalue weighted by atomic mass is 19.1. The van der Waals surface area contributed by atoms with Gasteiger partial charge >= 0.3 is 0 Å². The van der Waals surface area contributed by atoms with Crippen LogP contribution < -0.4 is 0 Å². The van der Waals surface area contributed by atoms with Crippen molar-refractivity contribution in [3.8, 4) is 0 Å². The zero-order valence-corrected chi connectivity index (χ0v) is 9.49. The molecule has 0 aromatic heterocycles. The van der Waals surface area contributed by atoms with Gasteiger partial charge in [-0.2, -0.15) is 0 Å². The summed E-state index contributed by atoms with van der Waals surface area (Å²) in [6, 6.07) is 15.2. The van der Waals surface area contributed by atoms with Crippen LogP contribution in [0, 0.1) is 5.82 Å². The maximum absolute atomic E-state index is 12.8. The third kappa shape index (κ3) is 2.14. The SMILES string of the molecule is Fc1ccc(C=C2Cc3ccccc3C2)cc1. The maximum Gasteiger partial charge on any atom is 0.123 e. The number of halogens is 1. The standard InChI is InChI=1S/C16H13F/c17-16-7-5-12(6-8-16)9-13-10-14-3-1-2-4-15(14)11-13/h1-9H,10-11H2. The highest BCUT2D eigenvalue weighted by molar-refractivity contribution is 5.57. The Kier molecular flexibility index (Phi) is 2.52. The molecule has 0 saturated heterocycles. The number of fused-ring (bicyclic) bond motifs is 1. The summed E-state index contributed by atoms with van der Waals surface area (Å²) >= 11 is 0. The number of rotatable bonds is 1. The topological polar surface area (TPSA) is 0 Å². The lowest BCUT2D eigenvalue weighted by atomic mass is 10.1. The number of hydrogen-bond donors (Lipinski definition) is 0. The molecular formula is C16H13F. The first-order valence-electron chi connectivity index (χ1n) is 5.83. The minimum atomic E-state index is -0.179. The van der Waals surface area contributed by atoms with E-state index in [9.17, 15) is 4.39 Å². The van der Waals surface area contributed by atoms with Gasteiger partial charge in [0, 0.05) is 0 Å². The average Bonchev–Trinajstić information content (AvgIpc) is 2.74. The normalized spacial score (nSPS) is 13.6. The molecule has 0 saturated carbocycles. The van der Waals surface area contributed by atoms with Gasteiger partial charge in [0.15, 0.2) is 0 Å². The van der Waals surface area contributed by atoms with Crippen molar-refractivity contribution in [2.24, 2.45) is 0 Å². The lowest BCUT2D eigenvalue weighted by Gasteiger charge is -1.97. The van der Waals surface area contributed by atoms with Gasteiger partial charge in [-0.25, -0.2) is 4.39 Å². The molecule has 1 aliphatic carbocycles. The van der Waals surface area contributed by atoms with Crippen LogP contribution in [0.1, 0.15) is 16.7 Å². The molecule has 0 bridgehead atoms. The summed E-state index contributed by atoms with van der Waals surface area (Å²) in [4.78, 5) is 0. The van der Waals surface area contributed by atoms with Gasteiger partial charge in [-0.15, -0.1) is 0 Å². The summed E-state index contributed by atoms with van der Waals surface area (Å²) in [6.45, 7) is 0. The van der Waals surface area contributed by atoms with E-state index in [1.54, 1.807) is 0 Å². The van der Waals surface area contributed by atoms with Gasteiger partial charge in [-0.3, -0.25) is 0 Å². The first-order chi connectivity index (χ1) is 8.31. The van der Waals surface area contributed by atoms with Crippen molar-refractivity contribution in [2.45, 2.75) is 12.8 Å². The zero-order valence-electron chi connectivity index (χ0n) is 9.49. The van der Waals surface area contributed by atoms with Crippen LogP contribution in [0.4, 0.5) is 4.39 Å². The molecule has 2 aromatic carbocycles. The molecule has 0 N–H and O–H groups in total. The second kappa shape index (κ2) is 4.17. The summed E-state index contributed by atoms with van der Waals surface area (Å²) in [7, 11) is 0. The van der Waals surface area contributed by atoms with E-state index in [2.05, 4.69) is 30.3 Å². The third-order valence-electron chi connectivity index (χ3n) is 3.19. The van der Waals surface area contributed by atoms with Crippen molar-refractivity contribution in [1.29, 1.82) is 0 Å². The van der Waals surface area contributed by atoms with Crippen molar-refractivity contribution in [3.05, 3.63) is 76.6 Å². The Bertz CT molecular complexity index is 537. The molecule has 3 rings (SSSR count). The molecule has 1 aliphatic rings. The maximum atomic E-state index is 12.8. The highest BCUT2D eigenvalue weighted by Gasteiger charge is 2.13. The van der Waals surface area contributed by atoms with E-state index in [1.807, 2.05) is 12.1 Å². The molecule has 2 aromatic rings. The molecule has 0 spiro atoms. The van der Waals surface area contributed by atoms with Crippen LogP contribution in [0.3, 0.4) is 0 Å². The molecule has 0 heterocycles. The predicted octanol–water partition coefficient (Wildman–Crippen LogP) is 4.01. The molecule has 0 fully saturated rings. The fourth-order valence-electron chi connectivity index (χ4n) is 2.35. The van der Waals surface area contributed by atoms with Crippen molar-refractivity contribution < 1.29 is 4.39 Å². The lowest BCUT2D eigenvalue weighted by Crippen LogP contribution is -1.82. The minimum absolute atomic E-state index is 0.179. The van der Waals surface area contributed by atoms with Gasteiger partial charge < -0.3 is 0 Å². The molecule has 0 nitrogen and oxygen atoms in total. The van der Waals surface area contributed by atoms with Crippen LogP contribution in [0.15, 0.2) is 54.1 Å². The first-order valence-corrected chi connectivity index (χ1v) is 5.83. The molecule has 84 valence electrons. The van der Waals surface area contributed by atoms with E-state index in [0.29, 0.717) is 0 Å². The van der Waals surface area contributed by atoms with E-state index in [0.717, 1.165) is 18.4 Å². The lowest BCUT2D eigenvalue weighted by molar-refractivity contribution is 0.628. The van der Waals surface area contributed by atoms with Gasteiger partial charge in [0.2, 0.25) is 0 Å². The smallest absolute Gasteiger partial charge is 0.123 e. The Hall–Kier alpha value is -1.89. The van der Waals surface area contributed by atoms with E-state index < -0.39 is 0 Å². The monoisotopic (exact) mass is 224 g/mol. The quantitative estimate of drug-likeness (QED) is 0.686. The Morgan fingerprint density at radius 1 is 0.824 bits per heavy atom. The fraction of sp³-hybridized carbons (Fsp3) is 0.125. The average molecular weight is 224 g/mol. The fourth-order valence-corrected chi connectivity index (χ4v) is 2.35. The predicted molar refractivity (Wildman–Crippen MR) is 68.2 cm³/mol. The van der Waals surface area contributed by atoms with Crippen LogP contribution in [-0.2, 0) is 12.8 Å². The van der Waals surface area contributed by atoms with Gasteiger partial charge in [-0.05, 0) is 41.7 Å².